The Labute approximate surface area is 108 Å². The summed E-state index contributed by atoms with van der Waals surface area (Å²) in [5.41, 5.74) is 0.322. The third-order valence-corrected chi connectivity index (χ3v) is 4.11. The van der Waals surface area contributed by atoms with Gasteiger partial charge in [0.15, 0.2) is 0 Å². The van der Waals surface area contributed by atoms with Crippen LogP contribution < -0.4 is 10.6 Å². The first-order chi connectivity index (χ1) is 8.78. The van der Waals surface area contributed by atoms with Crippen LogP contribution in [0.1, 0.15) is 25.7 Å². The Kier molecular flexibility index (Phi) is 4.97. The van der Waals surface area contributed by atoms with Crippen molar-refractivity contribution in [1.82, 2.24) is 10.6 Å². The second-order valence-electron chi connectivity index (χ2n) is 5.35. The molecule has 1 aliphatic heterocycles. The molecule has 104 valence electrons. The van der Waals surface area contributed by atoms with Gasteiger partial charge in [0.2, 0.25) is 5.91 Å². The first-order valence-corrected chi connectivity index (χ1v) is 6.95. The summed E-state index contributed by atoms with van der Waals surface area (Å²) in [7, 11) is 0. The largest absolute Gasteiger partial charge is 0.394 e. The van der Waals surface area contributed by atoms with Crippen LogP contribution >= 0.6 is 0 Å². The lowest BCUT2D eigenvalue weighted by Crippen LogP contribution is -2.34. The zero-order valence-electron chi connectivity index (χ0n) is 10.9. The van der Waals surface area contributed by atoms with Gasteiger partial charge in [0.05, 0.1) is 13.2 Å². The van der Waals surface area contributed by atoms with E-state index in [9.17, 15) is 4.79 Å². The fourth-order valence-electron chi connectivity index (χ4n) is 2.87. The van der Waals surface area contributed by atoms with Crippen LogP contribution in [0, 0.1) is 11.3 Å². The molecular weight excluding hydrogens is 232 g/mol. The van der Waals surface area contributed by atoms with Crippen molar-refractivity contribution in [2.24, 2.45) is 11.3 Å². The number of piperidine rings is 1. The predicted octanol–water partition coefficient (Wildman–Crippen LogP) is -0.109. The third kappa shape index (κ3) is 3.43. The summed E-state index contributed by atoms with van der Waals surface area (Å²) in [5.74, 6) is 0.469. The summed E-state index contributed by atoms with van der Waals surface area (Å²) in [6.45, 7) is 3.82. The molecule has 5 nitrogen and oxygen atoms in total. The first-order valence-electron chi connectivity index (χ1n) is 6.95. The molecule has 1 spiro atoms. The van der Waals surface area contributed by atoms with Crippen molar-refractivity contribution in [3.8, 4) is 0 Å². The second-order valence-corrected chi connectivity index (χ2v) is 5.35. The van der Waals surface area contributed by atoms with E-state index in [-0.39, 0.29) is 18.4 Å². The molecule has 0 aromatic rings. The molecule has 0 aromatic heterocycles. The van der Waals surface area contributed by atoms with Crippen LogP contribution in [0.2, 0.25) is 0 Å². The van der Waals surface area contributed by atoms with Crippen LogP contribution in [-0.4, -0.2) is 50.5 Å². The standard InChI is InChI=1S/C13H24N2O3/c16-7-9-18-8-1-4-15-12(17)11-10-13(11)2-5-14-6-3-13/h11,14,16H,1-10H2,(H,15,17). The number of amides is 1. The molecule has 1 atom stereocenters. The lowest BCUT2D eigenvalue weighted by atomic mass is 9.92. The lowest BCUT2D eigenvalue weighted by Gasteiger charge is -2.23. The monoisotopic (exact) mass is 256 g/mol. The smallest absolute Gasteiger partial charge is 0.223 e. The molecule has 0 radical (unpaired) electrons. The van der Waals surface area contributed by atoms with E-state index in [1.165, 1.54) is 0 Å². The van der Waals surface area contributed by atoms with Gasteiger partial charge in [0.1, 0.15) is 0 Å². The fraction of sp³-hybridized carbons (Fsp3) is 0.923. The number of carbonyl (C=O) groups is 1. The molecule has 1 amide bonds. The summed E-state index contributed by atoms with van der Waals surface area (Å²) in [6, 6.07) is 0. The summed E-state index contributed by atoms with van der Waals surface area (Å²) in [4.78, 5) is 12.0. The van der Waals surface area contributed by atoms with Crippen LogP contribution in [0.15, 0.2) is 0 Å². The minimum absolute atomic E-state index is 0.0605. The van der Waals surface area contributed by atoms with Gasteiger partial charge >= 0.3 is 0 Å². The van der Waals surface area contributed by atoms with E-state index in [4.69, 9.17) is 9.84 Å². The molecule has 1 unspecified atom stereocenters. The van der Waals surface area contributed by atoms with Crippen molar-refractivity contribution in [2.45, 2.75) is 25.7 Å². The molecular formula is C13H24N2O3. The minimum Gasteiger partial charge on any atom is -0.394 e. The maximum atomic E-state index is 12.0. The van der Waals surface area contributed by atoms with E-state index in [1.807, 2.05) is 0 Å². The summed E-state index contributed by atoms with van der Waals surface area (Å²) < 4.78 is 5.14. The number of hydrogen-bond donors (Lipinski definition) is 3. The van der Waals surface area contributed by atoms with Gasteiger partial charge in [-0.1, -0.05) is 0 Å². The molecule has 2 fully saturated rings. The van der Waals surface area contributed by atoms with Gasteiger partial charge in [-0.15, -0.1) is 0 Å². The normalized spacial score (nSPS) is 25.1. The zero-order chi connectivity index (χ0) is 12.8. The quantitative estimate of drug-likeness (QED) is 0.556. The van der Waals surface area contributed by atoms with Gasteiger partial charge in [-0.25, -0.2) is 0 Å². The van der Waals surface area contributed by atoms with Crippen LogP contribution in [0.25, 0.3) is 0 Å². The molecule has 5 heteroatoms. The molecule has 0 aromatic carbocycles. The van der Waals surface area contributed by atoms with Gasteiger partial charge in [0.25, 0.3) is 0 Å². The van der Waals surface area contributed by atoms with Gasteiger partial charge < -0.3 is 20.5 Å². The number of hydrogen-bond acceptors (Lipinski definition) is 4. The van der Waals surface area contributed by atoms with Crippen molar-refractivity contribution in [2.75, 3.05) is 39.5 Å². The van der Waals surface area contributed by atoms with E-state index >= 15 is 0 Å². The highest BCUT2D eigenvalue weighted by Crippen LogP contribution is 2.58. The molecule has 2 rings (SSSR count). The van der Waals surface area contributed by atoms with Gasteiger partial charge in [-0.05, 0) is 44.2 Å². The topological polar surface area (TPSA) is 70.6 Å². The zero-order valence-corrected chi connectivity index (χ0v) is 10.9. The van der Waals surface area contributed by atoms with E-state index in [0.717, 1.165) is 38.8 Å². The minimum atomic E-state index is 0.0605. The number of aliphatic hydroxyl groups excluding tert-OH is 1. The SMILES string of the molecule is O=C(NCCCOCCO)C1CC12CCNCC2. The van der Waals surface area contributed by atoms with Crippen molar-refractivity contribution < 1.29 is 14.6 Å². The summed E-state index contributed by atoms with van der Waals surface area (Å²) in [6.07, 6.45) is 4.17. The first kappa shape index (κ1) is 13.8. The molecule has 3 N–H and O–H groups in total. The van der Waals surface area contributed by atoms with Crippen LogP contribution in [0.5, 0.6) is 0 Å². The van der Waals surface area contributed by atoms with Crippen molar-refractivity contribution in [3.63, 3.8) is 0 Å². The van der Waals surface area contributed by atoms with Crippen molar-refractivity contribution in [3.05, 3.63) is 0 Å². The molecule has 2 aliphatic rings. The Morgan fingerprint density at radius 3 is 2.89 bits per heavy atom. The molecule has 1 aliphatic carbocycles. The highest BCUT2D eigenvalue weighted by atomic mass is 16.5. The number of carbonyl (C=O) groups excluding carboxylic acids is 1. The third-order valence-electron chi connectivity index (χ3n) is 4.11. The van der Waals surface area contributed by atoms with Crippen LogP contribution in [0.4, 0.5) is 0 Å². The van der Waals surface area contributed by atoms with Gasteiger partial charge in [-0.3, -0.25) is 4.79 Å². The van der Waals surface area contributed by atoms with E-state index in [2.05, 4.69) is 10.6 Å². The second kappa shape index (κ2) is 6.50. The molecule has 1 heterocycles. The van der Waals surface area contributed by atoms with E-state index in [1.54, 1.807) is 0 Å². The average Bonchev–Trinajstić information content (AvgIpc) is 3.08. The Bertz CT molecular complexity index is 277. The number of rotatable bonds is 7. The number of nitrogens with one attached hydrogen (secondary N) is 2. The lowest BCUT2D eigenvalue weighted by molar-refractivity contribution is -0.123. The Balaban J connectivity index is 1.56. The Morgan fingerprint density at radius 1 is 1.39 bits per heavy atom. The number of aliphatic hydroxyl groups is 1. The van der Waals surface area contributed by atoms with Gasteiger partial charge in [0, 0.05) is 19.1 Å². The average molecular weight is 256 g/mol. The van der Waals surface area contributed by atoms with E-state index < -0.39 is 0 Å². The molecule has 1 saturated carbocycles. The number of ether oxygens (including phenoxy) is 1. The van der Waals surface area contributed by atoms with Crippen LogP contribution in [-0.2, 0) is 9.53 Å². The summed E-state index contributed by atoms with van der Waals surface area (Å²) >= 11 is 0. The van der Waals surface area contributed by atoms with Gasteiger partial charge in [-0.2, -0.15) is 0 Å². The van der Waals surface area contributed by atoms with E-state index in [0.29, 0.717) is 25.2 Å². The van der Waals surface area contributed by atoms with Crippen molar-refractivity contribution in [1.29, 1.82) is 0 Å². The molecule has 1 saturated heterocycles. The Hall–Kier alpha value is -0.650. The molecule has 18 heavy (non-hydrogen) atoms. The fourth-order valence-corrected chi connectivity index (χ4v) is 2.87. The molecule has 0 bridgehead atoms. The maximum Gasteiger partial charge on any atom is 0.223 e. The van der Waals surface area contributed by atoms with Crippen LogP contribution in [0.3, 0.4) is 0 Å². The highest BCUT2D eigenvalue weighted by molar-refractivity contribution is 5.82. The predicted molar refractivity (Wildman–Crippen MR) is 68.2 cm³/mol. The Morgan fingerprint density at radius 2 is 2.17 bits per heavy atom. The summed E-state index contributed by atoms with van der Waals surface area (Å²) in [5, 5.41) is 14.9. The van der Waals surface area contributed by atoms with Crippen molar-refractivity contribution >= 4 is 5.91 Å². The maximum absolute atomic E-state index is 12.0. The highest BCUT2D eigenvalue weighted by Gasteiger charge is 2.57.